The van der Waals surface area contributed by atoms with Gasteiger partial charge in [-0.15, -0.1) is 10.3 Å². The summed E-state index contributed by atoms with van der Waals surface area (Å²) in [4.78, 5) is 0. The zero-order valence-electron chi connectivity index (χ0n) is 44.5. The maximum Gasteiger partial charge on any atom is 0.300 e. The summed E-state index contributed by atoms with van der Waals surface area (Å²) >= 11 is 0. The van der Waals surface area contributed by atoms with Gasteiger partial charge in [-0.3, -0.25) is 0 Å². The second-order valence-corrected chi connectivity index (χ2v) is 32.0. The first-order valence-corrected chi connectivity index (χ1v) is 35.2. The van der Waals surface area contributed by atoms with E-state index < -0.39 is 25.0 Å². The third kappa shape index (κ3) is 15.4. The van der Waals surface area contributed by atoms with Crippen LogP contribution in [0.2, 0.25) is 0 Å². The average molecular weight is 1070 g/mol. The minimum atomic E-state index is -2.95. The minimum Gasteiger partial charge on any atom is -0.453 e. The van der Waals surface area contributed by atoms with E-state index in [-0.39, 0.29) is 0 Å². The molecule has 1 fully saturated rings. The fourth-order valence-corrected chi connectivity index (χ4v) is 22.5. The lowest BCUT2D eigenvalue weighted by molar-refractivity contribution is 0.308. The first-order chi connectivity index (χ1) is 38.5. The van der Waals surface area contributed by atoms with Crippen LogP contribution >= 0.6 is 0 Å². The number of rotatable bonds is 24. The Morgan fingerprint density at radius 2 is 0.397 bits per heavy atom. The van der Waals surface area contributed by atoms with Crippen molar-refractivity contribution in [2.75, 3.05) is 0 Å². The van der Waals surface area contributed by atoms with E-state index in [1.807, 2.05) is 0 Å². The van der Waals surface area contributed by atoms with Crippen molar-refractivity contribution in [3.8, 4) is 0 Å². The van der Waals surface area contributed by atoms with E-state index in [1.165, 1.54) is 50.1 Å². The lowest BCUT2D eigenvalue weighted by Crippen LogP contribution is -2.48. The van der Waals surface area contributed by atoms with Gasteiger partial charge in [0.2, 0.25) is 0 Å². The molecule has 390 valence electrons. The molecule has 1 aliphatic rings. The average Bonchev–Trinajstić information content (AvgIpc) is 3.48. The topological polar surface area (TPSA) is 64.8 Å². The van der Waals surface area contributed by atoms with Gasteiger partial charge in [-0.05, 0) is 69.3 Å². The van der Waals surface area contributed by atoms with Crippen LogP contribution in [0, 0.1) is 0 Å². The van der Waals surface area contributed by atoms with Crippen molar-refractivity contribution in [2.45, 2.75) is 73.7 Å². The van der Waals surface area contributed by atoms with Gasteiger partial charge in [-0.1, -0.05) is 278 Å². The second kappa shape index (κ2) is 26.9. The van der Waals surface area contributed by atoms with Crippen LogP contribution in [0.3, 0.4) is 0 Å². The maximum absolute atomic E-state index is 7.56. The molecule has 9 aromatic rings. The van der Waals surface area contributed by atoms with Gasteiger partial charge < -0.3 is 13.6 Å². The number of oxime groups is 3. The first kappa shape index (κ1) is 53.4. The fourth-order valence-electron chi connectivity index (χ4n) is 11.1. The van der Waals surface area contributed by atoms with E-state index in [0.29, 0.717) is 18.6 Å². The Morgan fingerprint density at radius 1 is 0.231 bits per heavy atom. The summed E-state index contributed by atoms with van der Waals surface area (Å²) in [6.45, 7) is 0. The van der Waals surface area contributed by atoms with Crippen molar-refractivity contribution in [3.05, 3.63) is 323 Å². The SMILES string of the molecule is c1ccc(C[Si](Cc2ccccc2)(Cc2ccccc2)ON=C2CCCC(=NO[Si](Cc3ccccc3)(Cc3ccccc3)Cc3ccccc3)C2=NO[Si](Cc2ccccc2)(Cc2ccccc2)Cc2ccccc2)cc1. The van der Waals surface area contributed by atoms with Crippen LogP contribution in [-0.2, 0) is 68.0 Å². The lowest BCUT2D eigenvalue weighted by atomic mass is 9.94. The zero-order chi connectivity index (χ0) is 53.0. The monoisotopic (exact) mass is 1070 g/mol. The molecule has 0 unspecified atom stereocenters. The van der Waals surface area contributed by atoms with Gasteiger partial charge >= 0.3 is 0 Å². The predicted molar refractivity (Wildman–Crippen MR) is 328 cm³/mol. The van der Waals surface area contributed by atoms with Crippen LogP contribution in [0.5, 0.6) is 0 Å². The van der Waals surface area contributed by atoms with Gasteiger partial charge in [0.15, 0.2) is 5.71 Å². The zero-order valence-corrected chi connectivity index (χ0v) is 47.5. The third-order valence-corrected chi connectivity index (χ3v) is 25.6. The standard InChI is InChI=1S/C69H69N3O3Si3/c1-10-29-58(30-11-1)49-76(50-59-31-12-2-13-32-59,51-60-33-14-3-15-34-60)73-70-67-47-28-48-68(71-74-77(52-61-35-16-4-17-36-61,53-62-37-18-5-19-38-62)54-63-39-20-6-21-40-63)69(67)72-75-78(55-64-41-22-7-23-42-64,56-65-43-24-8-25-44-65)57-66-45-26-9-27-46-66/h1-27,29-46H,28,47-57H2. The van der Waals surface area contributed by atoms with Crippen LogP contribution in [0.15, 0.2) is 288 Å². The van der Waals surface area contributed by atoms with Crippen LogP contribution in [0.4, 0.5) is 0 Å². The van der Waals surface area contributed by atoms with Crippen molar-refractivity contribution < 1.29 is 13.6 Å². The normalized spacial score (nSPS) is 14.0. The highest BCUT2D eigenvalue weighted by atomic mass is 28.4. The number of hydrogen-bond donors (Lipinski definition) is 0. The largest absolute Gasteiger partial charge is 0.453 e. The molecular weight excluding hydrogens is 1000 g/mol. The number of benzene rings is 9. The quantitative estimate of drug-likeness (QED) is 0.0447. The lowest BCUT2D eigenvalue weighted by Gasteiger charge is -2.32. The van der Waals surface area contributed by atoms with Gasteiger partial charge in [-0.25, -0.2) is 0 Å². The molecule has 0 spiro atoms. The van der Waals surface area contributed by atoms with Gasteiger partial charge in [0.25, 0.3) is 25.0 Å². The Bertz CT molecular complexity index is 2840. The molecule has 0 N–H and O–H groups in total. The van der Waals surface area contributed by atoms with Crippen LogP contribution in [-0.4, -0.2) is 42.1 Å². The molecule has 1 aliphatic carbocycles. The molecule has 0 aromatic heterocycles. The molecule has 10 rings (SSSR count). The molecular formula is C69H69N3O3Si3. The van der Waals surface area contributed by atoms with E-state index in [2.05, 4.69) is 273 Å². The third-order valence-electron chi connectivity index (χ3n) is 14.7. The Morgan fingerprint density at radius 3 is 0.577 bits per heavy atom. The summed E-state index contributed by atoms with van der Waals surface area (Å²) < 4.78 is 22.5. The molecule has 6 nitrogen and oxygen atoms in total. The summed E-state index contributed by atoms with van der Waals surface area (Å²) in [6.07, 6.45) is 2.11. The molecule has 78 heavy (non-hydrogen) atoms. The number of hydrogen-bond acceptors (Lipinski definition) is 6. The highest BCUT2D eigenvalue weighted by molar-refractivity contribution is 6.75. The van der Waals surface area contributed by atoms with E-state index in [9.17, 15) is 0 Å². The minimum absolute atomic E-state index is 0.622. The van der Waals surface area contributed by atoms with Crippen molar-refractivity contribution in [1.82, 2.24) is 0 Å². The molecule has 9 heteroatoms. The summed E-state index contributed by atoms with van der Waals surface area (Å²) in [5, 5.41) is 16.4. The Hall–Kier alpha value is -7.96. The van der Waals surface area contributed by atoms with Crippen LogP contribution in [0.1, 0.15) is 69.3 Å². The van der Waals surface area contributed by atoms with Crippen molar-refractivity contribution >= 4 is 42.1 Å². The molecule has 0 heterocycles. The molecule has 1 saturated carbocycles. The smallest absolute Gasteiger partial charge is 0.300 e. The van der Waals surface area contributed by atoms with Crippen molar-refractivity contribution in [2.24, 2.45) is 15.5 Å². The molecule has 0 bridgehead atoms. The molecule has 0 radical (unpaired) electrons. The Balaban J connectivity index is 1.13. The van der Waals surface area contributed by atoms with E-state index in [1.54, 1.807) is 0 Å². The van der Waals surface area contributed by atoms with Gasteiger partial charge in [0.1, 0.15) is 11.4 Å². The van der Waals surface area contributed by atoms with Crippen LogP contribution in [0.25, 0.3) is 0 Å². The van der Waals surface area contributed by atoms with Crippen LogP contribution < -0.4 is 0 Å². The summed E-state index contributed by atoms with van der Waals surface area (Å²) in [5.41, 5.74) is 13.2. The molecule has 0 saturated heterocycles. The molecule has 0 aliphatic heterocycles. The summed E-state index contributed by atoms with van der Waals surface area (Å²) in [5.74, 6) is 0. The molecule has 0 atom stereocenters. The van der Waals surface area contributed by atoms with E-state index in [0.717, 1.165) is 72.2 Å². The first-order valence-electron chi connectivity index (χ1n) is 27.6. The maximum atomic E-state index is 7.56. The van der Waals surface area contributed by atoms with Gasteiger partial charge in [0, 0.05) is 54.4 Å². The Labute approximate surface area is 465 Å². The highest BCUT2D eigenvalue weighted by Gasteiger charge is 2.43. The fraction of sp³-hybridized carbons (Fsp3) is 0.174. The van der Waals surface area contributed by atoms with Gasteiger partial charge in [-0.2, -0.15) is 0 Å². The van der Waals surface area contributed by atoms with Gasteiger partial charge in [0.05, 0.1) is 0 Å². The van der Waals surface area contributed by atoms with E-state index >= 15 is 0 Å². The predicted octanol–water partition coefficient (Wildman–Crippen LogP) is 15.2. The summed E-state index contributed by atoms with van der Waals surface area (Å²) in [6, 6.07) is 104. The molecule has 0 amide bonds. The Kier molecular flexibility index (Phi) is 18.4. The highest BCUT2D eigenvalue weighted by Crippen LogP contribution is 2.30. The summed E-state index contributed by atoms with van der Waals surface area (Å²) in [7, 11) is -8.71. The molecule has 9 aromatic carbocycles. The second-order valence-electron chi connectivity index (χ2n) is 21.2. The van der Waals surface area contributed by atoms with Crippen molar-refractivity contribution in [3.63, 3.8) is 0 Å². The van der Waals surface area contributed by atoms with Crippen molar-refractivity contribution in [1.29, 1.82) is 0 Å². The number of nitrogens with zero attached hydrogens (tertiary/aromatic N) is 3. The van der Waals surface area contributed by atoms with E-state index in [4.69, 9.17) is 29.0 Å².